The minimum Gasteiger partial charge on any atom is -0.383 e. The van der Waals surface area contributed by atoms with Crippen LogP contribution in [-0.2, 0) is 4.79 Å². The molecule has 4 heterocycles. The number of nitrogens with zero attached hydrogens (tertiary/aromatic N) is 6. The molecule has 5 N–H and O–H groups in total. The quantitative estimate of drug-likeness (QED) is 0.173. The molecule has 2 saturated heterocycles. The largest absolute Gasteiger partial charge is 0.383 e. The number of nitrogen functional groups attached to an aromatic ring is 1. The van der Waals surface area contributed by atoms with Gasteiger partial charge in [0.25, 0.3) is 11.8 Å². The van der Waals surface area contributed by atoms with Gasteiger partial charge in [-0.2, -0.15) is 0 Å². The average molecular weight is 638 g/mol. The lowest BCUT2D eigenvalue weighted by Crippen LogP contribution is -2.58. The van der Waals surface area contributed by atoms with Crippen molar-refractivity contribution in [2.45, 2.75) is 52.1 Å². The van der Waals surface area contributed by atoms with Crippen LogP contribution >= 0.6 is 23.2 Å². The normalized spacial score (nSPS) is 17.6. The molecule has 1 atom stereocenters. The number of hydrogen-bond donors (Lipinski definition) is 4. The second kappa shape index (κ2) is 16.6. The van der Waals surface area contributed by atoms with Crippen LogP contribution < -0.4 is 26.6 Å². The number of pyridine rings is 1. The van der Waals surface area contributed by atoms with Gasteiger partial charge in [0.05, 0.1) is 5.56 Å². The van der Waals surface area contributed by atoms with Gasteiger partial charge in [0.2, 0.25) is 6.41 Å². The van der Waals surface area contributed by atoms with Crippen LogP contribution in [0.25, 0.3) is 0 Å². The summed E-state index contributed by atoms with van der Waals surface area (Å²) in [6.45, 7) is 10.4. The van der Waals surface area contributed by atoms with Gasteiger partial charge in [-0.3, -0.25) is 19.3 Å². The molecule has 2 fully saturated rings. The van der Waals surface area contributed by atoms with E-state index >= 15 is 0 Å². The Morgan fingerprint density at radius 3 is 2.42 bits per heavy atom. The maximum absolute atomic E-state index is 13.0. The van der Waals surface area contributed by atoms with Gasteiger partial charge >= 0.3 is 0 Å². The number of piperidine rings is 1. The first-order chi connectivity index (χ1) is 20.8. The molecule has 0 saturated carbocycles. The molecule has 0 aliphatic carbocycles. The highest BCUT2D eigenvalue weighted by Crippen LogP contribution is 2.30. The first-order valence-electron chi connectivity index (χ1n) is 14.7. The first kappa shape index (κ1) is 34.2. The van der Waals surface area contributed by atoms with Crippen LogP contribution in [-0.4, -0.2) is 108 Å². The number of piperazine rings is 1. The van der Waals surface area contributed by atoms with E-state index in [1.54, 1.807) is 19.2 Å². The Hall–Kier alpha value is -3.26. The van der Waals surface area contributed by atoms with Gasteiger partial charge in [0.1, 0.15) is 11.0 Å². The number of aromatic nitrogens is 3. The Morgan fingerprint density at radius 2 is 1.79 bits per heavy atom. The Labute approximate surface area is 262 Å². The summed E-state index contributed by atoms with van der Waals surface area (Å²) in [4.78, 5) is 56.1. The minimum absolute atomic E-state index is 0.0370. The summed E-state index contributed by atoms with van der Waals surface area (Å²) in [5, 5.41) is 8.53. The summed E-state index contributed by atoms with van der Waals surface area (Å²) in [6, 6.07) is 3.74. The zero-order chi connectivity index (χ0) is 31.5. The second-order valence-corrected chi connectivity index (χ2v) is 10.7. The van der Waals surface area contributed by atoms with E-state index in [9.17, 15) is 14.4 Å². The van der Waals surface area contributed by atoms with Crippen molar-refractivity contribution in [3.63, 3.8) is 0 Å². The van der Waals surface area contributed by atoms with Crippen molar-refractivity contribution in [1.82, 2.24) is 35.4 Å². The molecule has 15 heteroatoms. The molecular formula is C28H42Cl2N10O3. The molecule has 2 aromatic rings. The van der Waals surface area contributed by atoms with E-state index in [1.165, 1.54) is 0 Å². The fourth-order valence-corrected chi connectivity index (χ4v) is 5.81. The van der Waals surface area contributed by atoms with E-state index in [0.29, 0.717) is 63.1 Å². The summed E-state index contributed by atoms with van der Waals surface area (Å²) in [5.74, 6) is 0.0270. The number of hydrogen-bond acceptors (Lipinski definition) is 10. The van der Waals surface area contributed by atoms with E-state index in [-0.39, 0.29) is 39.6 Å². The lowest BCUT2D eigenvalue weighted by molar-refractivity contribution is -0.105. The molecule has 2 aromatic heterocycles. The molecular weight excluding hydrogens is 595 g/mol. The Balaban J connectivity index is 0.00000248. The third kappa shape index (κ3) is 8.43. The molecule has 3 amide bonds. The van der Waals surface area contributed by atoms with Gasteiger partial charge in [0, 0.05) is 57.9 Å². The van der Waals surface area contributed by atoms with Crippen LogP contribution in [0.5, 0.6) is 0 Å². The van der Waals surface area contributed by atoms with E-state index in [2.05, 4.69) is 42.7 Å². The molecule has 0 radical (unpaired) electrons. The smallest absolute Gasteiger partial charge is 0.273 e. The van der Waals surface area contributed by atoms with Crippen molar-refractivity contribution >= 4 is 58.9 Å². The number of amides is 3. The second-order valence-electron chi connectivity index (χ2n) is 9.99. The molecule has 43 heavy (non-hydrogen) atoms. The van der Waals surface area contributed by atoms with Crippen LogP contribution in [0, 0.1) is 0 Å². The predicted molar refractivity (Wildman–Crippen MR) is 170 cm³/mol. The highest BCUT2D eigenvalue weighted by molar-refractivity contribution is 6.32. The standard InChI is InChI=1S/C26H36Cl2N10O3.C2H6/c1-3-16-14-37(24-21(28)34-20(23(35-24)32-15-39)25(40)31-9-8-30-2)12-13-38(16)17-6-10-36(11-7-17)26(41)18-4-5-19(27)33-22(18)29;1-2/h4-5,15-17,30H,3,6-14H2,1-2H3,(H2,29,33)(H,31,40)(H,32,35,39);1-2H3. The van der Waals surface area contributed by atoms with Crippen LogP contribution in [0.15, 0.2) is 12.1 Å². The van der Waals surface area contributed by atoms with Crippen LogP contribution in [0.4, 0.5) is 17.5 Å². The van der Waals surface area contributed by atoms with E-state index in [0.717, 1.165) is 25.8 Å². The van der Waals surface area contributed by atoms with E-state index < -0.39 is 5.91 Å². The van der Waals surface area contributed by atoms with Crippen LogP contribution in [0.1, 0.15) is 60.9 Å². The number of carbonyl (C=O) groups is 3. The molecule has 0 bridgehead atoms. The molecule has 236 valence electrons. The maximum Gasteiger partial charge on any atom is 0.273 e. The molecule has 0 aromatic carbocycles. The summed E-state index contributed by atoms with van der Waals surface area (Å²) < 4.78 is 0. The Morgan fingerprint density at radius 1 is 1.07 bits per heavy atom. The topological polar surface area (TPSA) is 162 Å². The van der Waals surface area contributed by atoms with E-state index in [1.807, 2.05) is 23.6 Å². The van der Waals surface area contributed by atoms with Gasteiger partial charge in [-0.15, -0.1) is 0 Å². The zero-order valence-electron chi connectivity index (χ0n) is 25.2. The van der Waals surface area contributed by atoms with Gasteiger partial charge in [-0.1, -0.05) is 44.0 Å². The molecule has 2 aliphatic heterocycles. The lowest BCUT2D eigenvalue weighted by Gasteiger charge is -2.47. The number of nitrogens with two attached hydrogens (primary N) is 1. The third-order valence-electron chi connectivity index (χ3n) is 7.55. The SMILES string of the molecule is CC.CCC1CN(c2nc(NC=O)c(C(=O)NCCNC)nc2Cl)CCN1C1CCN(C(=O)c2ccc(Cl)nc2N)CC1. The molecule has 2 aliphatic rings. The highest BCUT2D eigenvalue weighted by atomic mass is 35.5. The van der Waals surface area contributed by atoms with Crippen LogP contribution in [0.2, 0.25) is 10.3 Å². The van der Waals surface area contributed by atoms with Crippen molar-refractivity contribution < 1.29 is 14.4 Å². The van der Waals surface area contributed by atoms with E-state index in [4.69, 9.17) is 28.9 Å². The van der Waals surface area contributed by atoms with Crippen molar-refractivity contribution in [2.24, 2.45) is 0 Å². The van der Waals surface area contributed by atoms with Gasteiger partial charge in [-0.25, -0.2) is 15.0 Å². The van der Waals surface area contributed by atoms with Crippen molar-refractivity contribution in [3.05, 3.63) is 33.7 Å². The monoisotopic (exact) mass is 636 g/mol. The van der Waals surface area contributed by atoms with Gasteiger partial charge in [-0.05, 0) is 38.4 Å². The summed E-state index contributed by atoms with van der Waals surface area (Å²) in [7, 11) is 1.78. The van der Waals surface area contributed by atoms with Crippen molar-refractivity contribution in [3.8, 4) is 0 Å². The summed E-state index contributed by atoms with van der Waals surface area (Å²) >= 11 is 12.4. The molecule has 0 spiro atoms. The van der Waals surface area contributed by atoms with Gasteiger partial charge < -0.3 is 31.5 Å². The summed E-state index contributed by atoms with van der Waals surface area (Å²) in [5.41, 5.74) is 6.27. The highest BCUT2D eigenvalue weighted by Gasteiger charge is 2.35. The van der Waals surface area contributed by atoms with Crippen molar-refractivity contribution in [2.75, 3.05) is 68.8 Å². The summed E-state index contributed by atoms with van der Waals surface area (Å²) in [6.07, 6.45) is 3.05. The number of nitrogens with one attached hydrogen (secondary N) is 3. The average Bonchev–Trinajstić information content (AvgIpc) is 3.02. The van der Waals surface area contributed by atoms with Gasteiger partial charge in [0.15, 0.2) is 22.5 Å². The Bertz CT molecular complexity index is 1260. The third-order valence-corrected chi connectivity index (χ3v) is 8.01. The zero-order valence-corrected chi connectivity index (χ0v) is 26.7. The maximum atomic E-state index is 13.0. The number of rotatable bonds is 10. The number of carbonyl (C=O) groups excluding carboxylic acids is 3. The molecule has 4 rings (SSSR count). The number of halogens is 2. The fourth-order valence-electron chi connectivity index (χ4n) is 5.41. The Kier molecular flexibility index (Phi) is 13.2. The number of anilines is 3. The number of likely N-dealkylation sites (tertiary alicyclic amines) is 1. The molecule has 1 unspecified atom stereocenters. The van der Waals surface area contributed by atoms with Crippen LogP contribution in [0.3, 0.4) is 0 Å². The lowest BCUT2D eigenvalue weighted by atomic mass is 9.97. The minimum atomic E-state index is -0.471. The predicted octanol–water partition coefficient (Wildman–Crippen LogP) is 2.51. The molecule has 13 nitrogen and oxygen atoms in total. The first-order valence-corrected chi connectivity index (χ1v) is 15.4. The fraction of sp³-hybridized carbons (Fsp3) is 0.571. The van der Waals surface area contributed by atoms with Crippen molar-refractivity contribution in [1.29, 1.82) is 0 Å². The number of likely N-dealkylation sites (N-methyl/N-ethyl adjacent to an activating group) is 1.